The fourth-order valence-corrected chi connectivity index (χ4v) is 5.38. The van der Waals surface area contributed by atoms with Crippen molar-refractivity contribution in [3.05, 3.63) is 97.9 Å². The molecule has 0 unspecified atom stereocenters. The van der Waals surface area contributed by atoms with Crippen LogP contribution < -0.4 is 5.56 Å². The van der Waals surface area contributed by atoms with Crippen LogP contribution in [0.25, 0.3) is 11.0 Å². The van der Waals surface area contributed by atoms with Crippen molar-refractivity contribution in [3.63, 3.8) is 0 Å². The van der Waals surface area contributed by atoms with Gasteiger partial charge in [0.1, 0.15) is 0 Å². The molecule has 3 heterocycles. The highest BCUT2D eigenvalue weighted by Crippen LogP contribution is 2.31. The van der Waals surface area contributed by atoms with E-state index in [0.29, 0.717) is 41.3 Å². The number of thioether (sulfide) groups is 1. The van der Waals surface area contributed by atoms with Crippen molar-refractivity contribution in [3.8, 4) is 0 Å². The monoisotopic (exact) mass is 563 g/mol. The summed E-state index contributed by atoms with van der Waals surface area (Å²) in [6.45, 7) is 4.98. The van der Waals surface area contributed by atoms with Crippen molar-refractivity contribution in [2.24, 2.45) is 0 Å². The first-order valence-corrected chi connectivity index (χ1v) is 13.7. The number of nitrogens with zero attached hydrogens (tertiary/aromatic N) is 3. The van der Waals surface area contributed by atoms with E-state index in [0.717, 1.165) is 27.7 Å². The Morgan fingerprint density at radius 1 is 1.14 bits per heavy atom. The first-order valence-electron chi connectivity index (χ1n) is 11.9. The highest BCUT2D eigenvalue weighted by Gasteiger charge is 2.31. The lowest BCUT2D eigenvalue weighted by Gasteiger charge is -2.33. The van der Waals surface area contributed by atoms with Crippen molar-refractivity contribution in [1.29, 1.82) is 0 Å². The maximum Gasteiger partial charge on any atom is 0.264 e. The van der Waals surface area contributed by atoms with Crippen LogP contribution in [0.15, 0.2) is 75.1 Å². The molecule has 0 spiro atoms. The zero-order valence-corrected chi connectivity index (χ0v) is 22.6. The van der Waals surface area contributed by atoms with E-state index in [1.54, 1.807) is 16.7 Å². The average Bonchev–Trinajstić information content (AvgIpc) is 2.89. The van der Waals surface area contributed by atoms with Crippen molar-refractivity contribution in [2.45, 2.75) is 50.6 Å². The number of halogens is 1. The van der Waals surface area contributed by atoms with Gasteiger partial charge in [-0.05, 0) is 37.1 Å². The third-order valence-corrected chi connectivity index (χ3v) is 8.13. The summed E-state index contributed by atoms with van der Waals surface area (Å²) in [4.78, 5) is 36.2. The average molecular weight is 565 g/mol. The normalized spacial score (nSPS) is 17.2. The van der Waals surface area contributed by atoms with Gasteiger partial charge in [-0.15, -0.1) is 0 Å². The number of fused-ring (bicyclic) bond motifs is 2. The molecule has 184 valence electrons. The summed E-state index contributed by atoms with van der Waals surface area (Å²) in [5, 5.41) is 0.955. The molecule has 0 radical (unpaired) electrons. The molecule has 1 atom stereocenters. The summed E-state index contributed by atoms with van der Waals surface area (Å²) < 4.78 is 8.64. The summed E-state index contributed by atoms with van der Waals surface area (Å²) in [5.74, 6) is 0.142. The summed E-state index contributed by atoms with van der Waals surface area (Å²) in [7, 11) is 0. The van der Waals surface area contributed by atoms with Crippen LogP contribution in [0.1, 0.15) is 47.4 Å². The van der Waals surface area contributed by atoms with Gasteiger partial charge in [-0.3, -0.25) is 14.2 Å². The molecule has 0 amide bonds. The van der Waals surface area contributed by atoms with Crippen LogP contribution in [-0.2, 0) is 24.3 Å². The Bertz CT molecular complexity index is 1490. The number of hydrogen-bond donors (Lipinski definition) is 0. The third-order valence-electron chi connectivity index (χ3n) is 6.63. The number of hydrogen-bond acceptors (Lipinski definition) is 6. The minimum Gasteiger partial charge on any atom is -0.370 e. The van der Waals surface area contributed by atoms with Gasteiger partial charge >= 0.3 is 0 Å². The molecule has 2 aromatic carbocycles. The van der Waals surface area contributed by atoms with Gasteiger partial charge in [0, 0.05) is 22.0 Å². The van der Waals surface area contributed by atoms with Crippen molar-refractivity contribution in [1.82, 2.24) is 14.5 Å². The number of aromatic nitrogens is 3. The van der Waals surface area contributed by atoms with E-state index >= 15 is 0 Å². The molecule has 0 bridgehead atoms. The Balaban J connectivity index is 1.55. The van der Waals surface area contributed by atoms with Crippen LogP contribution >= 0.6 is 27.7 Å². The Kier molecular flexibility index (Phi) is 7.10. The maximum absolute atomic E-state index is 13.7. The highest BCUT2D eigenvalue weighted by atomic mass is 79.9. The second-order valence-electron chi connectivity index (χ2n) is 9.22. The molecular formula is C28H26BrN3O3S. The van der Waals surface area contributed by atoms with E-state index in [1.165, 1.54) is 11.8 Å². The first-order chi connectivity index (χ1) is 17.3. The van der Waals surface area contributed by atoms with Gasteiger partial charge in [0.2, 0.25) is 0 Å². The van der Waals surface area contributed by atoms with Gasteiger partial charge in [-0.2, -0.15) is 0 Å². The lowest BCUT2D eigenvalue weighted by atomic mass is 9.91. The highest BCUT2D eigenvalue weighted by molar-refractivity contribution is 9.10. The zero-order valence-electron chi connectivity index (χ0n) is 20.2. The smallest absolute Gasteiger partial charge is 0.264 e. The van der Waals surface area contributed by atoms with E-state index in [1.807, 2.05) is 48.5 Å². The van der Waals surface area contributed by atoms with Crippen molar-refractivity contribution in [2.75, 3.05) is 5.75 Å². The lowest BCUT2D eigenvalue weighted by Crippen LogP contribution is -2.35. The molecule has 0 saturated heterocycles. The lowest BCUT2D eigenvalue weighted by molar-refractivity contribution is -0.0573. The first kappa shape index (κ1) is 24.9. The van der Waals surface area contributed by atoms with E-state index in [9.17, 15) is 9.59 Å². The molecule has 8 heteroatoms. The fraction of sp³-hybridized carbons (Fsp3) is 0.286. The number of ether oxygens (including phenoxy) is 1. The van der Waals surface area contributed by atoms with Crippen LogP contribution in [0, 0.1) is 0 Å². The van der Waals surface area contributed by atoms with Crippen LogP contribution in [0.5, 0.6) is 0 Å². The SMILES string of the molecule is CC[C@]1(C)Cc2nc3nc(SCC(=O)c4ccc(Br)cc4)n(Cc4ccccc4)c(=O)c3cc2CO1. The summed E-state index contributed by atoms with van der Waals surface area (Å²) >= 11 is 4.67. The van der Waals surface area contributed by atoms with E-state index in [4.69, 9.17) is 14.7 Å². The maximum atomic E-state index is 13.7. The predicted octanol–water partition coefficient (Wildman–Crippen LogP) is 5.82. The number of carbonyl (C=O) groups excluding carboxylic acids is 1. The molecule has 0 N–H and O–H groups in total. The number of ketones is 1. The quantitative estimate of drug-likeness (QED) is 0.160. The van der Waals surface area contributed by atoms with Crippen LogP contribution in [0.3, 0.4) is 0 Å². The van der Waals surface area contributed by atoms with Crippen molar-refractivity contribution < 1.29 is 9.53 Å². The summed E-state index contributed by atoms with van der Waals surface area (Å²) in [6, 6.07) is 18.9. The molecule has 36 heavy (non-hydrogen) atoms. The van der Waals surface area contributed by atoms with Crippen LogP contribution in [0.4, 0.5) is 0 Å². The molecule has 0 aliphatic carbocycles. The molecule has 4 aromatic rings. The van der Waals surface area contributed by atoms with Gasteiger partial charge in [0.05, 0.1) is 35.6 Å². The minimum absolute atomic E-state index is 0.0256. The molecule has 2 aromatic heterocycles. The Hall–Kier alpha value is -2.81. The van der Waals surface area contributed by atoms with Crippen molar-refractivity contribution >= 4 is 44.5 Å². The summed E-state index contributed by atoms with van der Waals surface area (Å²) in [6.07, 6.45) is 1.55. The van der Waals surface area contributed by atoms with Gasteiger partial charge in [0.25, 0.3) is 5.56 Å². The second kappa shape index (κ2) is 10.3. The van der Waals surface area contributed by atoms with Gasteiger partial charge in [-0.25, -0.2) is 9.97 Å². The molecule has 0 fully saturated rings. The number of benzene rings is 2. The van der Waals surface area contributed by atoms with E-state index in [-0.39, 0.29) is 22.7 Å². The number of pyridine rings is 1. The Morgan fingerprint density at radius 2 is 1.89 bits per heavy atom. The molecule has 0 saturated carbocycles. The van der Waals surface area contributed by atoms with Crippen LogP contribution in [-0.4, -0.2) is 31.7 Å². The minimum atomic E-state index is -0.273. The van der Waals surface area contributed by atoms with Crippen LogP contribution in [0.2, 0.25) is 0 Å². The summed E-state index contributed by atoms with van der Waals surface area (Å²) in [5.41, 5.74) is 3.44. The molecule has 1 aliphatic rings. The third kappa shape index (κ3) is 5.16. The zero-order chi connectivity index (χ0) is 25.3. The van der Waals surface area contributed by atoms with Gasteiger partial charge < -0.3 is 4.74 Å². The molecular weight excluding hydrogens is 538 g/mol. The standard InChI is InChI=1S/C28H26BrN3O3S/c1-3-28(2)14-23-20(16-35-28)13-22-25(30-23)31-27(32(26(22)34)15-18-7-5-4-6-8-18)36-17-24(33)19-9-11-21(29)12-10-19/h4-13H,3,14-17H2,1-2H3/t28-/m1/s1. The molecule has 6 nitrogen and oxygen atoms in total. The van der Waals surface area contributed by atoms with Gasteiger partial charge in [-0.1, -0.05) is 77.1 Å². The molecule has 5 rings (SSSR count). The predicted molar refractivity (Wildman–Crippen MR) is 146 cm³/mol. The number of Topliss-reactive ketones (excluding diaryl/α,β-unsaturated/α-hetero) is 1. The van der Waals surface area contributed by atoms with E-state index < -0.39 is 0 Å². The molecule has 1 aliphatic heterocycles. The Morgan fingerprint density at radius 3 is 2.61 bits per heavy atom. The Labute approximate surface area is 222 Å². The van der Waals surface area contributed by atoms with Gasteiger partial charge in [0.15, 0.2) is 16.6 Å². The number of rotatable bonds is 7. The topological polar surface area (TPSA) is 74.1 Å². The second-order valence-corrected chi connectivity index (χ2v) is 11.1. The fourth-order valence-electron chi connectivity index (χ4n) is 4.23. The number of carbonyl (C=O) groups is 1. The van der Waals surface area contributed by atoms with E-state index in [2.05, 4.69) is 29.8 Å². The largest absolute Gasteiger partial charge is 0.370 e.